The van der Waals surface area contributed by atoms with E-state index in [1.165, 1.54) is 16.9 Å². The van der Waals surface area contributed by atoms with Crippen molar-refractivity contribution in [1.29, 1.82) is 0 Å². The summed E-state index contributed by atoms with van der Waals surface area (Å²) in [4.78, 5) is 21.6. The number of carbonyl (C=O) groups is 1. The summed E-state index contributed by atoms with van der Waals surface area (Å²) < 4.78 is 6.95. The number of nitrogens with zero attached hydrogens (tertiary/aromatic N) is 4. The summed E-state index contributed by atoms with van der Waals surface area (Å²) in [6, 6.07) is 10.2. The Bertz CT molecular complexity index is 1160. The lowest BCUT2D eigenvalue weighted by atomic mass is 10.1. The van der Waals surface area contributed by atoms with Crippen LogP contribution in [-0.2, 0) is 11.2 Å². The molecule has 30 heavy (non-hydrogen) atoms. The number of hydrogen-bond donors (Lipinski definition) is 1. The van der Waals surface area contributed by atoms with Crippen molar-refractivity contribution in [3.63, 3.8) is 0 Å². The molecule has 0 atom stereocenters. The van der Waals surface area contributed by atoms with Gasteiger partial charge in [-0.2, -0.15) is 5.10 Å². The van der Waals surface area contributed by atoms with Crippen LogP contribution in [0, 0.1) is 0 Å². The van der Waals surface area contributed by atoms with E-state index >= 15 is 0 Å². The molecule has 7 nitrogen and oxygen atoms in total. The van der Waals surface area contributed by atoms with Crippen LogP contribution in [0.5, 0.6) is 0 Å². The van der Waals surface area contributed by atoms with Crippen LogP contribution in [0.2, 0.25) is 0 Å². The number of amides is 1. The molecule has 0 saturated heterocycles. The van der Waals surface area contributed by atoms with Crippen molar-refractivity contribution in [3.05, 3.63) is 59.2 Å². The minimum atomic E-state index is -0.238. The fourth-order valence-corrected chi connectivity index (χ4v) is 3.85. The highest BCUT2D eigenvalue weighted by molar-refractivity contribution is 7.14. The zero-order valence-electron chi connectivity index (χ0n) is 17.1. The molecule has 0 bridgehead atoms. The number of methoxy groups -OCH3 is 1. The molecular weight excluding hydrogens is 398 g/mol. The molecule has 0 saturated carbocycles. The van der Waals surface area contributed by atoms with Gasteiger partial charge in [-0.15, -0.1) is 11.3 Å². The SMILES string of the molecule is COCCc1ccc(-c2csc(NC(=O)c3cnc4c(cnn4C(C)C)c3)n2)cc1. The molecule has 1 N–H and O–H groups in total. The molecule has 154 valence electrons. The monoisotopic (exact) mass is 421 g/mol. The Labute approximate surface area is 178 Å². The van der Waals surface area contributed by atoms with E-state index in [0.29, 0.717) is 17.3 Å². The van der Waals surface area contributed by atoms with Gasteiger partial charge in [0.2, 0.25) is 0 Å². The normalized spacial score (nSPS) is 11.3. The lowest BCUT2D eigenvalue weighted by molar-refractivity contribution is 0.102. The van der Waals surface area contributed by atoms with Crippen molar-refractivity contribution in [2.45, 2.75) is 26.3 Å². The molecule has 1 aromatic carbocycles. The number of ether oxygens (including phenoxy) is 1. The molecule has 3 heterocycles. The Morgan fingerprint density at radius 3 is 2.77 bits per heavy atom. The van der Waals surface area contributed by atoms with Gasteiger partial charge in [0.15, 0.2) is 10.8 Å². The minimum Gasteiger partial charge on any atom is -0.384 e. The number of benzene rings is 1. The highest BCUT2D eigenvalue weighted by atomic mass is 32.1. The van der Waals surface area contributed by atoms with Crippen LogP contribution < -0.4 is 5.32 Å². The fourth-order valence-electron chi connectivity index (χ4n) is 3.14. The first kappa shape index (κ1) is 20.2. The molecule has 4 aromatic rings. The summed E-state index contributed by atoms with van der Waals surface area (Å²) in [5.74, 6) is -0.238. The lowest BCUT2D eigenvalue weighted by Crippen LogP contribution is -2.12. The van der Waals surface area contributed by atoms with Crippen molar-refractivity contribution in [2.75, 3.05) is 19.0 Å². The van der Waals surface area contributed by atoms with Crippen molar-refractivity contribution in [3.8, 4) is 11.3 Å². The van der Waals surface area contributed by atoms with E-state index in [2.05, 4.69) is 32.5 Å². The maximum Gasteiger partial charge on any atom is 0.259 e. The zero-order chi connectivity index (χ0) is 21.1. The second kappa shape index (κ2) is 8.73. The maximum absolute atomic E-state index is 12.7. The number of anilines is 1. The number of nitrogens with one attached hydrogen (secondary N) is 1. The number of aromatic nitrogens is 4. The van der Waals surface area contributed by atoms with Crippen LogP contribution in [0.1, 0.15) is 35.8 Å². The van der Waals surface area contributed by atoms with Gasteiger partial charge in [-0.25, -0.2) is 14.6 Å². The topological polar surface area (TPSA) is 81.9 Å². The van der Waals surface area contributed by atoms with Crippen molar-refractivity contribution >= 4 is 33.4 Å². The van der Waals surface area contributed by atoms with Gasteiger partial charge in [-0.3, -0.25) is 10.1 Å². The van der Waals surface area contributed by atoms with Gasteiger partial charge in [-0.05, 0) is 31.9 Å². The molecule has 8 heteroatoms. The average Bonchev–Trinajstić information content (AvgIpc) is 3.39. The Hall–Kier alpha value is -3.10. The van der Waals surface area contributed by atoms with Crippen LogP contribution >= 0.6 is 11.3 Å². The van der Waals surface area contributed by atoms with Crippen LogP contribution in [-0.4, -0.2) is 39.4 Å². The molecule has 1 amide bonds. The van der Waals surface area contributed by atoms with Crippen molar-refractivity contribution in [2.24, 2.45) is 0 Å². The Morgan fingerprint density at radius 2 is 2.03 bits per heavy atom. The van der Waals surface area contributed by atoms with Gasteiger partial charge in [0.25, 0.3) is 5.91 Å². The van der Waals surface area contributed by atoms with Gasteiger partial charge in [-0.1, -0.05) is 24.3 Å². The number of rotatable bonds is 7. The molecular formula is C22H23N5O2S. The number of carbonyl (C=O) groups excluding carboxylic acids is 1. The van der Waals surface area contributed by atoms with Crippen LogP contribution in [0.4, 0.5) is 5.13 Å². The second-order valence-electron chi connectivity index (χ2n) is 7.25. The van der Waals surface area contributed by atoms with E-state index in [0.717, 1.165) is 28.7 Å². The Kier molecular flexibility index (Phi) is 5.87. The summed E-state index contributed by atoms with van der Waals surface area (Å²) in [5, 5.41) is 10.5. The molecule has 3 aromatic heterocycles. The predicted molar refractivity (Wildman–Crippen MR) is 119 cm³/mol. The molecule has 0 unspecified atom stereocenters. The molecule has 0 radical (unpaired) electrons. The molecule has 0 aliphatic carbocycles. The minimum absolute atomic E-state index is 0.206. The lowest BCUT2D eigenvalue weighted by Gasteiger charge is -2.06. The highest BCUT2D eigenvalue weighted by Crippen LogP contribution is 2.26. The van der Waals surface area contributed by atoms with E-state index in [1.54, 1.807) is 25.6 Å². The first-order valence-corrected chi connectivity index (χ1v) is 10.6. The van der Waals surface area contributed by atoms with Gasteiger partial charge < -0.3 is 4.74 Å². The van der Waals surface area contributed by atoms with E-state index in [4.69, 9.17) is 4.74 Å². The van der Waals surface area contributed by atoms with Gasteiger partial charge >= 0.3 is 0 Å². The van der Waals surface area contributed by atoms with E-state index < -0.39 is 0 Å². The summed E-state index contributed by atoms with van der Waals surface area (Å²) >= 11 is 1.40. The average molecular weight is 422 g/mol. The molecule has 0 spiro atoms. The Balaban J connectivity index is 1.47. The molecule has 0 fully saturated rings. The first-order valence-electron chi connectivity index (χ1n) is 9.73. The third-order valence-corrected chi connectivity index (χ3v) is 5.51. The number of pyridine rings is 1. The van der Waals surface area contributed by atoms with E-state index in [-0.39, 0.29) is 11.9 Å². The van der Waals surface area contributed by atoms with Crippen molar-refractivity contribution in [1.82, 2.24) is 19.7 Å². The highest BCUT2D eigenvalue weighted by Gasteiger charge is 2.14. The van der Waals surface area contributed by atoms with Crippen LogP contribution in [0.15, 0.2) is 48.1 Å². The zero-order valence-corrected chi connectivity index (χ0v) is 17.9. The molecule has 0 aliphatic heterocycles. The molecule has 0 aliphatic rings. The Morgan fingerprint density at radius 1 is 1.23 bits per heavy atom. The number of hydrogen-bond acceptors (Lipinski definition) is 6. The smallest absolute Gasteiger partial charge is 0.259 e. The third kappa shape index (κ3) is 4.24. The predicted octanol–water partition coefficient (Wildman–Crippen LogP) is 4.58. The summed E-state index contributed by atoms with van der Waals surface area (Å²) in [7, 11) is 1.70. The summed E-state index contributed by atoms with van der Waals surface area (Å²) in [6.07, 6.45) is 4.19. The van der Waals surface area contributed by atoms with E-state index in [1.807, 2.05) is 36.0 Å². The molecule has 4 rings (SSSR count). The van der Waals surface area contributed by atoms with Crippen LogP contribution in [0.3, 0.4) is 0 Å². The quantitative estimate of drug-likeness (QED) is 0.472. The number of thiazole rings is 1. The fraction of sp³-hybridized carbons (Fsp3) is 0.273. The second-order valence-corrected chi connectivity index (χ2v) is 8.11. The summed E-state index contributed by atoms with van der Waals surface area (Å²) in [6.45, 7) is 4.79. The summed E-state index contributed by atoms with van der Waals surface area (Å²) in [5.41, 5.74) is 4.31. The van der Waals surface area contributed by atoms with Crippen molar-refractivity contribution < 1.29 is 9.53 Å². The number of fused-ring (bicyclic) bond motifs is 1. The largest absolute Gasteiger partial charge is 0.384 e. The van der Waals surface area contributed by atoms with E-state index in [9.17, 15) is 4.79 Å². The third-order valence-electron chi connectivity index (χ3n) is 4.75. The first-order chi connectivity index (χ1) is 14.5. The standard InChI is InChI=1S/C22H23N5O2S/c1-14(2)27-20-17(12-24-27)10-18(11-23-20)21(28)26-22-25-19(13-30-22)16-6-4-15(5-7-16)8-9-29-3/h4-7,10-14H,8-9H2,1-3H3,(H,25,26,28). The van der Waals surface area contributed by atoms with Crippen LogP contribution in [0.25, 0.3) is 22.3 Å². The maximum atomic E-state index is 12.7. The van der Waals surface area contributed by atoms with Gasteiger partial charge in [0.1, 0.15) is 0 Å². The van der Waals surface area contributed by atoms with Gasteiger partial charge in [0, 0.05) is 35.7 Å². The van der Waals surface area contributed by atoms with Gasteiger partial charge in [0.05, 0.1) is 24.1 Å².